The fourth-order valence-electron chi connectivity index (χ4n) is 2.11. The number of hydrogen-bond acceptors (Lipinski definition) is 3. The Morgan fingerprint density at radius 1 is 1.33 bits per heavy atom. The first-order valence-corrected chi connectivity index (χ1v) is 5.19. The first-order valence-electron chi connectivity index (χ1n) is 5.19. The lowest BCUT2D eigenvalue weighted by atomic mass is 10.1. The molecule has 0 aliphatic carbocycles. The molecule has 0 N–H and O–H groups in total. The van der Waals surface area contributed by atoms with E-state index in [1.807, 2.05) is 13.0 Å². The fraction of sp³-hybridized carbons (Fsp3) is 0.455. The van der Waals surface area contributed by atoms with E-state index in [0.717, 1.165) is 24.3 Å². The van der Waals surface area contributed by atoms with E-state index in [2.05, 4.69) is 4.90 Å². The minimum absolute atomic E-state index is 0.222. The van der Waals surface area contributed by atoms with E-state index in [4.69, 9.17) is 0 Å². The highest BCUT2D eigenvalue weighted by Gasteiger charge is 2.19. The van der Waals surface area contributed by atoms with Crippen LogP contribution in [0, 0.1) is 17.0 Å². The highest BCUT2D eigenvalue weighted by atomic mass is 16.6. The Morgan fingerprint density at radius 2 is 2.00 bits per heavy atom. The van der Waals surface area contributed by atoms with Crippen LogP contribution < -0.4 is 4.90 Å². The smallest absolute Gasteiger partial charge is 0.274 e. The van der Waals surface area contributed by atoms with Crippen LogP contribution in [0.3, 0.4) is 0 Å². The van der Waals surface area contributed by atoms with Crippen LogP contribution in [0.5, 0.6) is 0 Å². The van der Waals surface area contributed by atoms with Gasteiger partial charge in [-0.05, 0) is 25.8 Å². The van der Waals surface area contributed by atoms with Crippen molar-refractivity contribution < 1.29 is 4.92 Å². The van der Waals surface area contributed by atoms with Gasteiger partial charge in [0.15, 0.2) is 0 Å². The molecule has 1 aromatic rings. The molecule has 80 valence electrons. The predicted molar refractivity (Wildman–Crippen MR) is 59.3 cm³/mol. The molecule has 0 spiro atoms. The largest absolute Gasteiger partial charge is 0.371 e. The first-order chi connectivity index (χ1) is 7.20. The van der Waals surface area contributed by atoms with E-state index in [-0.39, 0.29) is 10.6 Å². The third-order valence-corrected chi connectivity index (χ3v) is 2.92. The highest BCUT2D eigenvalue weighted by molar-refractivity contribution is 5.61. The lowest BCUT2D eigenvalue weighted by Gasteiger charge is -2.19. The lowest BCUT2D eigenvalue weighted by Crippen LogP contribution is -2.18. The molecule has 0 atom stereocenters. The SMILES string of the molecule is Cc1c(N2CCCC2)cccc1[N+](=O)[O-]. The zero-order valence-corrected chi connectivity index (χ0v) is 8.77. The average molecular weight is 206 g/mol. The molecule has 4 nitrogen and oxygen atoms in total. The number of nitrogens with zero attached hydrogens (tertiary/aromatic N) is 2. The van der Waals surface area contributed by atoms with Gasteiger partial charge in [-0.15, -0.1) is 0 Å². The number of nitro benzene ring substituents is 1. The van der Waals surface area contributed by atoms with Crippen LogP contribution in [-0.4, -0.2) is 18.0 Å². The van der Waals surface area contributed by atoms with E-state index < -0.39 is 0 Å². The molecule has 0 radical (unpaired) electrons. The van der Waals surface area contributed by atoms with Gasteiger partial charge in [0.05, 0.1) is 10.5 Å². The number of rotatable bonds is 2. The normalized spacial score (nSPS) is 15.7. The molecule has 0 aromatic heterocycles. The summed E-state index contributed by atoms with van der Waals surface area (Å²) < 4.78 is 0. The maximum absolute atomic E-state index is 10.8. The average Bonchev–Trinajstić information content (AvgIpc) is 2.70. The van der Waals surface area contributed by atoms with Crippen molar-refractivity contribution in [1.82, 2.24) is 0 Å². The van der Waals surface area contributed by atoms with Gasteiger partial charge in [-0.3, -0.25) is 10.1 Å². The van der Waals surface area contributed by atoms with Crippen LogP contribution in [0.25, 0.3) is 0 Å². The maximum Gasteiger partial charge on any atom is 0.274 e. The van der Waals surface area contributed by atoms with Crippen molar-refractivity contribution in [2.45, 2.75) is 19.8 Å². The summed E-state index contributed by atoms with van der Waals surface area (Å²) in [7, 11) is 0. The summed E-state index contributed by atoms with van der Waals surface area (Å²) in [6, 6.07) is 5.29. The molecular formula is C11H14N2O2. The van der Waals surface area contributed by atoms with E-state index in [1.165, 1.54) is 12.8 Å². The molecular weight excluding hydrogens is 192 g/mol. The Hall–Kier alpha value is -1.58. The van der Waals surface area contributed by atoms with Crippen LogP contribution in [0.2, 0.25) is 0 Å². The van der Waals surface area contributed by atoms with Gasteiger partial charge in [0, 0.05) is 24.8 Å². The standard InChI is InChI=1S/C11H14N2O2/c1-9-10(12-7-2-3-8-12)5-4-6-11(9)13(14)15/h4-6H,2-3,7-8H2,1H3. The number of anilines is 1. The molecule has 15 heavy (non-hydrogen) atoms. The van der Waals surface area contributed by atoms with Crippen molar-refractivity contribution >= 4 is 11.4 Å². The van der Waals surface area contributed by atoms with Crippen molar-refractivity contribution in [2.75, 3.05) is 18.0 Å². The molecule has 1 aliphatic heterocycles. The minimum atomic E-state index is -0.311. The van der Waals surface area contributed by atoms with Crippen molar-refractivity contribution in [2.24, 2.45) is 0 Å². The van der Waals surface area contributed by atoms with Crippen LogP contribution >= 0.6 is 0 Å². The summed E-state index contributed by atoms with van der Waals surface area (Å²) in [4.78, 5) is 12.7. The molecule has 1 fully saturated rings. The third-order valence-electron chi connectivity index (χ3n) is 2.92. The van der Waals surface area contributed by atoms with Crippen molar-refractivity contribution in [3.05, 3.63) is 33.9 Å². The van der Waals surface area contributed by atoms with Gasteiger partial charge in [-0.25, -0.2) is 0 Å². The van der Waals surface area contributed by atoms with Gasteiger partial charge in [0.1, 0.15) is 0 Å². The van der Waals surface area contributed by atoms with E-state index in [0.29, 0.717) is 0 Å². The second-order valence-corrected chi connectivity index (χ2v) is 3.87. The van der Waals surface area contributed by atoms with Gasteiger partial charge in [0.2, 0.25) is 0 Å². The van der Waals surface area contributed by atoms with Crippen LogP contribution in [-0.2, 0) is 0 Å². The number of hydrogen-bond donors (Lipinski definition) is 0. The molecule has 0 bridgehead atoms. The molecule has 2 rings (SSSR count). The Labute approximate surface area is 88.7 Å². The molecule has 0 saturated carbocycles. The van der Waals surface area contributed by atoms with Crippen molar-refractivity contribution in [3.8, 4) is 0 Å². The van der Waals surface area contributed by atoms with E-state index in [1.54, 1.807) is 12.1 Å². The van der Waals surface area contributed by atoms with Crippen LogP contribution in [0.15, 0.2) is 18.2 Å². The summed E-state index contributed by atoms with van der Waals surface area (Å²) in [5, 5.41) is 10.8. The molecule has 1 aromatic carbocycles. The Bertz CT molecular complexity index is 384. The quantitative estimate of drug-likeness (QED) is 0.551. The zero-order chi connectivity index (χ0) is 10.8. The van der Waals surface area contributed by atoms with Gasteiger partial charge in [-0.1, -0.05) is 6.07 Å². The summed E-state index contributed by atoms with van der Waals surface area (Å²) in [5.41, 5.74) is 2.02. The first kappa shape index (κ1) is 9.96. The summed E-state index contributed by atoms with van der Waals surface area (Å²) in [5.74, 6) is 0. The summed E-state index contributed by atoms with van der Waals surface area (Å²) in [6.45, 7) is 3.86. The fourth-order valence-corrected chi connectivity index (χ4v) is 2.11. The molecule has 0 amide bonds. The second kappa shape index (κ2) is 3.88. The number of nitro groups is 1. The lowest BCUT2D eigenvalue weighted by molar-refractivity contribution is -0.385. The molecule has 1 saturated heterocycles. The zero-order valence-electron chi connectivity index (χ0n) is 8.77. The van der Waals surface area contributed by atoms with Crippen molar-refractivity contribution in [1.29, 1.82) is 0 Å². The molecule has 1 heterocycles. The minimum Gasteiger partial charge on any atom is -0.371 e. The van der Waals surface area contributed by atoms with E-state index >= 15 is 0 Å². The number of benzene rings is 1. The second-order valence-electron chi connectivity index (χ2n) is 3.87. The van der Waals surface area contributed by atoms with Gasteiger partial charge < -0.3 is 4.90 Å². The molecule has 1 aliphatic rings. The highest BCUT2D eigenvalue weighted by Crippen LogP contribution is 2.30. The Morgan fingerprint density at radius 3 is 2.60 bits per heavy atom. The van der Waals surface area contributed by atoms with Crippen LogP contribution in [0.1, 0.15) is 18.4 Å². The summed E-state index contributed by atoms with van der Waals surface area (Å²) >= 11 is 0. The van der Waals surface area contributed by atoms with Crippen molar-refractivity contribution in [3.63, 3.8) is 0 Å². The topological polar surface area (TPSA) is 46.4 Å². The summed E-state index contributed by atoms with van der Waals surface area (Å²) in [6.07, 6.45) is 2.37. The Kier molecular flexibility index (Phi) is 2.58. The molecule has 4 heteroatoms. The van der Waals surface area contributed by atoms with Crippen LogP contribution in [0.4, 0.5) is 11.4 Å². The van der Waals surface area contributed by atoms with E-state index in [9.17, 15) is 10.1 Å². The van der Waals surface area contributed by atoms with Gasteiger partial charge in [-0.2, -0.15) is 0 Å². The molecule has 0 unspecified atom stereocenters. The monoisotopic (exact) mass is 206 g/mol. The van der Waals surface area contributed by atoms with Gasteiger partial charge >= 0.3 is 0 Å². The maximum atomic E-state index is 10.8. The predicted octanol–water partition coefficient (Wildman–Crippen LogP) is 2.50. The Balaban J connectivity index is 2.39. The third kappa shape index (κ3) is 1.79. The van der Waals surface area contributed by atoms with Gasteiger partial charge in [0.25, 0.3) is 5.69 Å².